The first kappa shape index (κ1) is 10.0. The van der Waals surface area contributed by atoms with Crippen LogP contribution in [0.5, 0.6) is 0 Å². The van der Waals surface area contributed by atoms with Crippen LogP contribution in [0, 0.1) is 5.92 Å². The van der Waals surface area contributed by atoms with Gasteiger partial charge in [0.2, 0.25) is 6.41 Å². The summed E-state index contributed by atoms with van der Waals surface area (Å²) in [6.07, 6.45) is 3.50. The molecular formula is C9H15NO3. The van der Waals surface area contributed by atoms with E-state index in [0.717, 1.165) is 12.8 Å². The molecule has 0 bridgehead atoms. The van der Waals surface area contributed by atoms with E-state index in [2.05, 4.69) is 5.32 Å². The molecule has 74 valence electrons. The zero-order valence-electron chi connectivity index (χ0n) is 7.75. The van der Waals surface area contributed by atoms with Crippen molar-refractivity contribution in [2.75, 3.05) is 0 Å². The van der Waals surface area contributed by atoms with Gasteiger partial charge in [-0.05, 0) is 18.8 Å². The highest BCUT2D eigenvalue weighted by Crippen LogP contribution is 2.32. The SMILES string of the molecule is CC1CCCC(NC=O)(C(=O)O)C1. The summed E-state index contributed by atoms with van der Waals surface area (Å²) in [6, 6.07) is 0. The second-order valence-electron chi connectivity index (χ2n) is 3.85. The van der Waals surface area contributed by atoms with E-state index in [1.807, 2.05) is 6.92 Å². The molecule has 4 nitrogen and oxygen atoms in total. The third-order valence-corrected chi connectivity index (χ3v) is 2.74. The minimum Gasteiger partial charge on any atom is -0.480 e. The smallest absolute Gasteiger partial charge is 0.329 e. The number of carbonyl (C=O) groups excluding carboxylic acids is 1. The monoisotopic (exact) mass is 185 g/mol. The molecule has 1 aliphatic carbocycles. The second kappa shape index (κ2) is 3.77. The van der Waals surface area contributed by atoms with Crippen LogP contribution in [0.2, 0.25) is 0 Å². The summed E-state index contributed by atoms with van der Waals surface area (Å²) < 4.78 is 0. The van der Waals surface area contributed by atoms with Crippen molar-refractivity contribution in [3.8, 4) is 0 Å². The van der Waals surface area contributed by atoms with E-state index >= 15 is 0 Å². The van der Waals surface area contributed by atoms with Gasteiger partial charge in [-0.2, -0.15) is 0 Å². The van der Waals surface area contributed by atoms with E-state index in [-0.39, 0.29) is 0 Å². The van der Waals surface area contributed by atoms with Gasteiger partial charge in [-0.1, -0.05) is 19.8 Å². The molecule has 1 rings (SSSR count). The number of carboxylic acids is 1. The van der Waals surface area contributed by atoms with Crippen LogP contribution in [0.3, 0.4) is 0 Å². The minimum atomic E-state index is -1.00. The zero-order valence-corrected chi connectivity index (χ0v) is 7.75. The lowest BCUT2D eigenvalue weighted by atomic mass is 9.76. The van der Waals surface area contributed by atoms with Crippen molar-refractivity contribution < 1.29 is 14.7 Å². The predicted molar refractivity (Wildman–Crippen MR) is 47.2 cm³/mol. The lowest BCUT2D eigenvalue weighted by molar-refractivity contribution is -0.148. The van der Waals surface area contributed by atoms with Gasteiger partial charge < -0.3 is 10.4 Å². The number of amides is 1. The van der Waals surface area contributed by atoms with Crippen molar-refractivity contribution in [2.24, 2.45) is 5.92 Å². The Morgan fingerprint density at radius 2 is 2.38 bits per heavy atom. The van der Waals surface area contributed by atoms with Crippen molar-refractivity contribution in [3.63, 3.8) is 0 Å². The Balaban J connectivity index is 2.76. The third-order valence-electron chi connectivity index (χ3n) is 2.74. The summed E-state index contributed by atoms with van der Waals surface area (Å²) in [5.74, 6) is -0.538. The molecule has 1 saturated carbocycles. The van der Waals surface area contributed by atoms with Crippen molar-refractivity contribution in [3.05, 3.63) is 0 Å². The maximum atomic E-state index is 11.0. The second-order valence-corrected chi connectivity index (χ2v) is 3.85. The molecule has 0 aromatic heterocycles. The molecule has 2 atom stereocenters. The van der Waals surface area contributed by atoms with Crippen LogP contribution in [-0.4, -0.2) is 23.0 Å². The van der Waals surface area contributed by atoms with Gasteiger partial charge in [0.1, 0.15) is 5.54 Å². The summed E-state index contributed by atoms with van der Waals surface area (Å²) in [5.41, 5.74) is -1.00. The molecule has 0 aromatic rings. The van der Waals surface area contributed by atoms with Gasteiger partial charge in [-0.3, -0.25) is 4.79 Å². The molecule has 0 aliphatic heterocycles. The molecule has 0 spiro atoms. The molecule has 2 unspecified atom stereocenters. The molecule has 2 N–H and O–H groups in total. The Labute approximate surface area is 77.3 Å². The number of aliphatic carboxylic acids is 1. The number of hydrogen-bond acceptors (Lipinski definition) is 2. The van der Waals surface area contributed by atoms with Crippen LogP contribution in [0.1, 0.15) is 32.6 Å². The number of rotatable bonds is 3. The van der Waals surface area contributed by atoms with E-state index in [1.165, 1.54) is 0 Å². The zero-order chi connectivity index (χ0) is 9.90. The van der Waals surface area contributed by atoms with E-state index in [0.29, 0.717) is 25.2 Å². The largest absolute Gasteiger partial charge is 0.480 e. The molecule has 0 aromatic carbocycles. The highest BCUT2D eigenvalue weighted by atomic mass is 16.4. The first-order valence-electron chi connectivity index (χ1n) is 4.55. The molecular weight excluding hydrogens is 170 g/mol. The number of hydrogen-bond donors (Lipinski definition) is 2. The maximum Gasteiger partial charge on any atom is 0.329 e. The van der Waals surface area contributed by atoms with Crippen LogP contribution in [0.4, 0.5) is 0 Å². The Hall–Kier alpha value is -1.06. The third kappa shape index (κ3) is 1.99. The highest BCUT2D eigenvalue weighted by Gasteiger charge is 2.41. The van der Waals surface area contributed by atoms with E-state index < -0.39 is 11.5 Å². The Morgan fingerprint density at radius 1 is 1.69 bits per heavy atom. The van der Waals surface area contributed by atoms with Crippen molar-refractivity contribution in [1.82, 2.24) is 5.32 Å². The van der Waals surface area contributed by atoms with Gasteiger partial charge >= 0.3 is 5.97 Å². The number of nitrogens with one attached hydrogen (secondary N) is 1. The molecule has 13 heavy (non-hydrogen) atoms. The molecule has 1 aliphatic rings. The predicted octanol–water partition coefficient (Wildman–Crippen LogP) is 0.766. The summed E-state index contributed by atoms with van der Waals surface area (Å²) in [4.78, 5) is 21.3. The van der Waals surface area contributed by atoms with E-state index in [1.54, 1.807) is 0 Å². The highest BCUT2D eigenvalue weighted by molar-refractivity contribution is 5.81. The topological polar surface area (TPSA) is 66.4 Å². The maximum absolute atomic E-state index is 11.0. The summed E-state index contributed by atoms with van der Waals surface area (Å²) in [5, 5.41) is 11.5. The van der Waals surface area contributed by atoms with Gasteiger partial charge in [0, 0.05) is 0 Å². The first-order chi connectivity index (χ1) is 6.10. The Kier molecular flexibility index (Phi) is 2.90. The van der Waals surface area contributed by atoms with Crippen molar-refractivity contribution >= 4 is 12.4 Å². The minimum absolute atomic E-state index is 0.372. The molecule has 1 fully saturated rings. The number of carbonyl (C=O) groups is 2. The molecule has 4 heteroatoms. The van der Waals surface area contributed by atoms with Gasteiger partial charge in [-0.15, -0.1) is 0 Å². The van der Waals surface area contributed by atoms with E-state index in [4.69, 9.17) is 5.11 Å². The average molecular weight is 185 g/mol. The fraction of sp³-hybridized carbons (Fsp3) is 0.778. The molecule has 1 amide bonds. The van der Waals surface area contributed by atoms with Crippen molar-refractivity contribution in [2.45, 2.75) is 38.1 Å². The lowest BCUT2D eigenvalue weighted by Gasteiger charge is -2.35. The van der Waals surface area contributed by atoms with E-state index in [9.17, 15) is 9.59 Å². The van der Waals surface area contributed by atoms with Gasteiger partial charge in [0.05, 0.1) is 0 Å². The van der Waals surface area contributed by atoms with Crippen LogP contribution in [0.15, 0.2) is 0 Å². The van der Waals surface area contributed by atoms with Gasteiger partial charge in [0.15, 0.2) is 0 Å². The number of carboxylic acid groups (broad SMARTS) is 1. The fourth-order valence-electron chi connectivity index (χ4n) is 2.05. The quantitative estimate of drug-likeness (QED) is 0.638. The Morgan fingerprint density at radius 3 is 2.85 bits per heavy atom. The molecule has 0 radical (unpaired) electrons. The normalized spacial score (nSPS) is 33.8. The Bertz CT molecular complexity index is 217. The van der Waals surface area contributed by atoms with Crippen LogP contribution in [-0.2, 0) is 9.59 Å². The molecule has 0 saturated heterocycles. The standard InChI is InChI=1S/C9H15NO3/c1-7-3-2-4-9(5-7,8(12)13)10-6-11/h6-7H,2-5H2,1H3,(H,10,11)(H,12,13). The summed E-state index contributed by atoms with van der Waals surface area (Å²) >= 11 is 0. The van der Waals surface area contributed by atoms with Crippen LogP contribution in [0.25, 0.3) is 0 Å². The van der Waals surface area contributed by atoms with Gasteiger partial charge in [0.25, 0.3) is 0 Å². The fourth-order valence-corrected chi connectivity index (χ4v) is 2.05. The summed E-state index contributed by atoms with van der Waals surface area (Å²) in [6.45, 7) is 2.02. The van der Waals surface area contributed by atoms with Crippen LogP contribution >= 0.6 is 0 Å². The first-order valence-corrected chi connectivity index (χ1v) is 4.55. The van der Waals surface area contributed by atoms with Crippen molar-refractivity contribution in [1.29, 1.82) is 0 Å². The summed E-state index contributed by atoms with van der Waals surface area (Å²) in [7, 11) is 0. The lowest BCUT2D eigenvalue weighted by Crippen LogP contribution is -2.54. The molecule has 0 heterocycles. The van der Waals surface area contributed by atoms with Crippen LogP contribution < -0.4 is 5.32 Å². The van der Waals surface area contributed by atoms with Gasteiger partial charge in [-0.25, -0.2) is 4.79 Å². The average Bonchev–Trinajstić information content (AvgIpc) is 2.04.